The molecule has 1 amide bonds. The molecular weight excluding hydrogens is 190 g/mol. The minimum absolute atomic E-state index is 0.150. The van der Waals surface area contributed by atoms with Crippen molar-refractivity contribution < 1.29 is 10.0 Å². The number of aromatic nitrogens is 2. The molecule has 0 aliphatic heterocycles. The van der Waals surface area contributed by atoms with Crippen LogP contribution in [0.3, 0.4) is 0 Å². The minimum atomic E-state index is -0.635. The molecule has 0 aliphatic carbocycles. The molecule has 70 valence electrons. The second kappa shape index (κ2) is 4.78. The van der Waals surface area contributed by atoms with Gasteiger partial charge < -0.3 is 0 Å². The van der Waals surface area contributed by atoms with Gasteiger partial charge in [-0.1, -0.05) is 6.92 Å². The van der Waals surface area contributed by atoms with Gasteiger partial charge in [-0.15, -0.1) is 11.8 Å². The van der Waals surface area contributed by atoms with E-state index in [0.717, 1.165) is 5.75 Å². The van der Waals surface area contributed by atoms with Gasteiger partial charge >= 0.3 is 0 Å². The lowest BCUT2D eigenvalue weighted by Crippen LogP contribution is -2.21. The van der Waals surface area contributed by atoms with Gasteiger partial charge in [0, 0.05) is 12.4 Å². The van der Waals surface area contributed by atoms with Crippen molar-refractivity contribution in [1.29, 1.82) is 0 Å². The average molecular weight is 199 g/mol. The maximum Gasteiger partial charge on any atom is 0.296 e. The fourth-order valence-corrected chi connectivity index (χ4v) is 1.47. The zero-order valence-corrected chi connectivity index (χ0v) is 7.84. The molecule has 0 saturated heterocycles. The number of thioether (sulfide) groups is 1. The van der Waals surface area contributed by atoms with Gasteiger partial charge in [-0.05, 0) is 5.75 Å². The van der Waals surface area contributed by atoms with Crippen LogP contribution in [0, 0.1) is 0 Å². The lowest BCUT2D eigenvalue weighted by atomic mass is 10.4. The lowest BCUT2D eigenvalue weighted by Gasteiger charge is -2.02. The third-order valence-corrected chi connectivity index (χ3v) is 2.12. The first-order valence-electron chi connectivity index (χ1n) is 3.67. The maximum absolute atomic E-state index is 11.0. The Kier molecular flexibility index (Phi) is 3.66. The van der Waals surface area contributed by atoms with Gasteiger partial charge in [-0.2, -0.15) is 0 Å². The molecule has 0 atom stereocenters. The van der Waals surface area contributed by atoms with Gasteiger partial charge in [0.2, 0.25) is 0 Å². The first-order chi connectivity index (χ1) is 6.29. The van der Waals surface area contributed by atoms with E-state index < -0.39 is 5.91 Å². The van der Waals surface area contributed by atoms with Gasteiger partial charge in [0.1, 0.15) is 5.03 Å². The molecule has 0 aliphatic rings. The molecular formula is C7H9N3O2S. The highest BCUT2D eigenvalue weighted by atomic mass is 32.2. The summed E-state index contributed by atoms with van der Waals surface area (Å²) < 4.78 is 0. The highest BCUT2D eigenvalue weighted by Gasteiger charge is 2.12. The van der Waals surface area contributed by atoms with Crippen LogP contribution in [0.4, 0.5) is 0 Å². The molecule has 0 aromatic carbocycles. The van der Waals surface area contributed by atoms with Crippen LogP contribution < -0.4 is 5.48 Å². The van der Waals surface area contributed by atoms with Crippen molar-refractivity contribution in [2.24, 2.45) is 0 Å². The van der Waals surface area contributed by atoms with Crippen molar-refractivity contribution in [2.75, 3.05) is 5.75 Å². The SMILES string of the molecule is CCSc1nccnc1C(=O)NO. The summed E-state index contributed by atoms with van der Waals surface area (Å²) in [6.45, 7) is 1.94. The fourth-order valence-electron chi connectivity index (χ4n) is 0.776. The Bertz CT molecular complexity index is 306. The van der Waals surface area contributed by atoms with Crippen molar-refractivity contribution in [1.82, 2.24) is 15.4 Å². The Hall–Kier alpha value is -1.14. The van der Waals surface area contributed by atoms with Crippen molar-refractivity contribution in [3.8, 4) is 0 Å². The van der Waals surface area contributed by atoms with Crippen LogP contribution in [0.2, 0.25) is 0 Å². The van der Waals surface area contributed by atoms with E-state index in [0.29, 0.717) is 5.03 Å². The van der Waals surface area contributed by atoms with Crippen LogP contribution in [0.15, 0.2) is 17.4 Å². The number of nitrogens with one attached hydrogen (secondary N) is 1. The van der Waals surface area contributed by atoms with E-state index in [1.165, 1.54) is 29.6 Å². The number of hydrogen-bond acceptors (Lipinski definition) is 5. The Morgan fingerprint density at radius 2 is 2.31 bits per heavy atom. The molecule has 13 heavy (non-hydrogen) atoms. The maximum atomic E-state index is 11.0. The first kappa shape index (κ1) is 9.94. The minimum Gasteiger partial charge on any atom is -0.288 e. The van der Waals surface area contributed by atoms with E-state index in [1.54, 1.807) is 0 Å². The second-order valence-electron chi connectivity index (χ2n) is 2.08. The monoisotopic (exact) mass is 199 g/mol. The predicted molar refractivity (Wildman–Crippen MR) is 47.7 cm³/mol. The summed E-state index contributed by atoms with van der Waals surface area (Å²) in [5, 5.41) is 8.93. The molecule has 2 N–H and O–H groups in total. The first-order valence-corrected chi connectivity index (χ1v) is 4.66. The summed E-state index contributed by atoms with van der Waals surface area (Å²) >= 11 is 1.40. The van der Waals surface area contributed by atoms with Crippen LogP contribution >= 0.6 is 11.8 Å². The molecule has 1 rings (SSSR count). The number of amides is 1. The number of rotatable bonds is 3. The highest BCUT2D eigenvalue weighted by molar-refractivity contribution is 7.99. The largest absolute Gasteiger partial charge is 0.296 e. The summed E-state index contributed by atoms with van der Waals surface area (Å²) in [7, 11) is 0. The molecule has 1 heterocycles. The summed E-state index contributed by atoms with van der Waals surface area (Å²) in [5.74, 6) is 0.161. The van der Waals surface area contributed by atoms with Crippen molar-refractivity contribution in [3.63, 3.8) is 0 Å². The summed E-state index contributed by atoms with van der Waals surface area (Å²) in [6, 6.07) is 0. The Balaban J connectivity index is 2.97. The van der Waals surface area contributed by atoms with Crippen LogP contribution in [0.1, 0.15) is 17.4 Å². The topological polar surface area (TPSA) is 75.1 Å². The molecule has 5 nitrogen and oxygen atoms in total. The van der Waals surface area contributed by atoms with Gasteiger partial charge in [-0.3, -0.25) is 10.0 Å². The summed E-state index contributed by atoms with van der Waals surface area (Å²) in [6.07, 6.45) is 2.91. The molecule has 1 aromatic heterocycles. The third kappa shape index (κ3) is 2.40. The van der Waals surface area contributed by atoms with Gasteiger partial charge in [0.05, 0.1) is 0 Å². The molecule has 1 aromatic rings. The summed E-state index contributed by atoms with van der Waals surface area (Å²) in [5.41, 5.74) is 1.68. The van der Waals surface area contributed by atoms with E-state index in [1.807, 2.05) is 6.92 Å². The number of carbonyl (C=O) groups is 1. The number of nitrogens with zero attached hydrogens (tertiary/aromatic N) is 2. The molecule has 0 spiro atoms. The second-order valence-corrected chi connectivity index (χ2v) is 3.34. The third-order valence-electron chi connectivity index (χ3n) is 1.26. The van der Waals surface area contributed by atoms with E-state index in [2.05, 4.69) is 9.97 Å². The van der Waals surface area contributed by atoms with Crippen molar-refractivity contribution in [2.45, 2.75) is 11.9 Å². The zero-order chi connectivity index (χ0) is 9.68. The fraction of sp³-hybridized carbons (Fsp3) is 0.286. The average Bonchev–Trinajstić information content (AvgIpc) is 2.18. The number of hydrogen-bond donors (Lipinski definition) is 2. The molecule has 0 radical (unpaired) electrons. The molecule has 6 heteroatoms. The quantitative estimate of drug-likeness (QED) is 0.426. The Labute approximate surface area is 79.5 Å². The molecule has 0 bridgehead atoms. The smallest absolute Gasteiger partial charge is 0.288 e. The van der Waals surface area contributed by atoms with Gasteiger partial charge in [-0.25, -0.2) is 15.4 Å². The van der Waals surface area contributed by atoms with Crippen molar-refractivity contribution in [3.05, 3.63) is 18.1 Å². The Morgan fingerprint density at radius 3 is 2.92 bits per heavy atom. The summed E-state index contributed by atoms with van der Waals surface area (Å²) in [4.78, 5) is 18.8. The van der Waals surface area contributed by atoms with Crippen LogP contribution in [0.25, 0.3) is 0 Å². The van der Waals surface area contributed by atoms with Crippen molar-refractivity contribution >= 4 is 17.7 Å². The predicted octanol–water partition coefficient (Wildman–Crippen LogP) is 0.708. The molecule has 0 saturated carbocycles. The van der Waals surface area contributed by atoms with E-state index in [-0.39, 0.29) is 5.69 Å². The van der Waals surface area contributed by atoms with E-state index >= 15 is 0 Å². The zero-order valence-electron chi connectivity index (χ0n) is 7.02. The van der Waals surface area contributed by atoms with Crippen LogP contribution in [0.5, 0.6) is 0 Å². The normalized spacial score (nSPS) is 9.69. The van der Waals surface area contributed by atoms with E-state index in [4.69, 9.17) is 5.21 Å². The van der Waals surface area contributed by atoms with Gasteiger partial charge in [0.15, 0.2) is 5.69 Å². The van der Waals surface area contributed by atoms with Gasteiger partial charge in [0.25, 0.3) is 5.91 Å². The van der Waals surface area contributed by atoms with Crippen LogP contribution in [-0.2, 0) is 0 Å². The van der Waals surface area contributed by atoms with Crippen LogP contribution in [-0.4, -0.2) is 26.8 Å². The number of hydroxylamine groups is 1. The lowest BCUT2D eigenvalue weighted by molar-refractivity contribution is 0.0696. The standard InChI is InChI=1S/C7H9N3O2S/c1-2-13-7-5(6(11)10-12)8-3-4-9-7/h3-4,12H,2H2,1H3,(H,10,11). The Morgan fingerprint density at radius 1 is 1.62 bits per heavy atom. The number of carbonyl (C=O) groups excluding carboxylic acids is 1. The van der Waals surface area contributed by atoms with E-state index in [9.17, 15) is 4.79 Å². The highest BCUT2D eigenvalue weighted by Crippen LogP contribution is 2.16. The molecule has 0 fully saturated rings. The molecule has 0 unspecified atom stereocenters.